The Morgan fingerprint density at radius 3 is 2.69 bits per heavy atom. The van der Waals surface area contributed by atoms with E-state index in [9.17, 15) is 13.2 Å². The van der Waals surface area contributed by atoms with E-state index < -0.39 is 9.84 Å². The number of rotatable bonds is 5. The summed E-state index contributed by atoms with van der Waals surface area (Å²) in [6.45, 7) is 0.0430. The maximum Gasteiger partial charge on any atom is 0.153 e. The van der Waals surface area contributed by atoms with Crippen LogP contribution in [-0.4, -0.2) is 33.3 Å². The van der Waals surface area contributed by atoms with Crippen LogP contribution in [0.15, 0.2) is 22.7 Å². The van der Waals surface area contributed by atoms with E-state index in [4.69, 9.17) is 4.74 Å². The lowest BCUT2D eigenvalue weighted by molar-refractivity contribution is 0.112. The van der Waals surface area contributed by atoms with Crippen molar-refractivity contribution in [2.45, 2.75) is 0 Å². The van der Waals surface area contributed by atoms with Crippen LogP contribution < -0.4 is 4.74 Å². The fraction of sp³-hybridized carbons (Fsp3) is 0.300. The summed E-state index contributed by atoms with van der Waals surface area (Å²) < 4.78 is 27.7. The molecular formula is C10H11BrO4S. The van der Waals surface area contributed by atoms with Gasteiger partial charge in [-0.2, -0.15) is 0 Å². The number of hydrogen-bond acceptors (Lipinski definition) is 4. The predicted molar refractivity (Wildman–Crippen MR) is 64.7 cm³/mol. The molecule has 0 bridgehead atoms. The Bertz CT molecular complexity index is 482. The molecule has 1 aromatic carbocycles. The second-order valence-corrected chi connectivity index (χ2v) is 6.45. The molecule has 0 aromatic heterocycles. The fourth-order valence-electron chi connectivity index (χ4n) is 1.05. The van der Waals surface area contributed by atoms with E-state index in [0.717, 1.165) is 10.7 Å². The third kappa shape index (κ3) is 4.32. The Hall–Kier alpha value is -0.880. The Balaban J connectivity index is 2.70. The van der Waals surface area contributed by atoms with E-state index in [1.54, 1.807) is 18.2 Å². The van der Waals surface area contributed by atoms with Crippen molar-refractivity contribution in [1.29, 1.82) is 0 Å². The average Bonchev–Trinajstić information content (AvgIpc) is 2.18. The molecule has 0 fully saturated rings. The Labute approximate surface area is 103 Å². The zero-order valence-electron chi connectivity index (χ0n) is 8.64. The van der Waals surface area contributed by atoms with Gasteiger partial charge in [0.2, 0.25) is 0 Å². The van der Waals surface area contributed by atoms with Crippen molar-refractivity contribution in [3.8, 4) is 5.75 Å². The monoisotopic (exact) mass is 306 g/mol. The number of carbonyl (C=O) groups excluding carboxylic acids is 1. The first kappa shape index (κ1) is 13.2. The molecule has 0 aliphatic heterocycles. The van der Waals surface area contributed by atoms with Gasteiger partial charge in [0.1, 0.15) is 12.4 Å². The third-order valence-corrected chi connectivity index (χ3v) is 3.21. The maximum atomic E-state index is 10.9. The molecule has 4 nitrogen and oxygen atoms in total. The van der Waals surface area contributed by atoms with Gasteiger partial charge in [0.25, 0.3) is 0 Å². The van der Waals surface area contributed by atoms with Crippen LogP contribution in [0.1, 0.15) is 10.4 Å². The van der Waals surface area contributed by atoms with Crippen molar-refractivity contribution in [1.82, 2.24) is 0 Å². The molecule has 0 N–H and O–H groups in total. The average molecular weight is 307 g/mol. The minimum atomic E-state index is -3.04. The van der Waals surface area contributed by atoms with Crippen LogP contribution >= 0.6 is 15.9 Å². The molecule has 0 saturated carbocycles. The highest BCUT2D eigenvalue weighted by Crippen LogP contribution is 2.21. The molecule has 0 amide bonds. The van der Waals surface area contributed by atoms with E-state index in [0.29, 0.717) is 17.6 Å². The first-order chi connectivity index (χ1) is 7.42. The number of halogens is 1. The first-order valence-electron chi connectivity index (χ1n) is 4.47. The second kappa shape index (κ2) is 5.45. The summed E-state index contributed by atoms with van der Waals surface area (Å²) in [7, 11) is -3.04. The van der Waals surface area contributed by atoms with Crippen LogP contribution in [0.5, 0.6) is 5.75 Å². The highest BCUT2D eigenvalue weighted by Gasteiger charge is 2.06. The minimum Gasteiger partial charge on any atom is -0.492 e. The van der Waals surface area contributed by atoms with Crippen LogP contribution in [-0.2, 0) is 9.84 Å². The summed E-state index contributed by atoms with van der Waals surface area (Å²) in [5.41, 5.74) is 0.392. The molecule has 1 aromatic rings. The summed E-state index contributed by atoms with van der Waals surface area (Å²) in [5, 5.41) is 0. The number of carbonyl (C=O) groups is 1. The van der Waals surface area contributed by atoms with Gasteiger partial charge in [-0.25, -0.2) is 8.42 Å². The number of ether oxygens (including phenoxy) is 1. The van der Waals surface area contributed by atoms with Gasteiger partial charge in [-0.3, -0.25) is 4.79 Å². The summed E-state index contributed by atoms with van der Waals surface area (Å²) >= 11 is 3.23. The van der Waals surface area contributed by atoms with Gasteiger partial charge in [-0.05, 0) is 18.2 Å². The summed E-state index contributed by atoms with van der Waals surface area (Å²) in [5.74, 6) is 0.323. The van der Waals surface area contributed by atoms with Crippen molar-refractivity contribution in [2.75, 3.05) is 18.6 Å². The molecule has 0 spiro atoms. The standard InChI is InChI=1S/C10H11BrO4S/c1-16(13,14)5-4-15-10-3-2-9(11)6-8(10)7-12/h2-3,6-7H,4-5H2,1H3. The van der Waals surface area contributed by atoms with Crippen LogP contribution in [0.3, 0.4) is 0 Å². The SMILES string of the molecule is CS(=O)(=O)CCOc1ccc(Br)cc1C=O. The van der Waals surface area contributed by atoms with E-state index in [2.05, 4.69) is 15.9 Å². The quantitative estimate of drug-likeness (QED) is 0.777. The van der Waals surface area contributed by atoms with Gasteiger partial charge < -0.3 is 4.74 Å². The van der Waals surface area contributed by atoms with Gasteiger partial charge in [0, 0.05) is 10.7 Å². The lowest BCUT2D eigenvalue weighted by Gasteiger charge is -2.07. The number of hydrogen-bond donors (Lipinski definition) is 0. The van der Waals surface area contributed by atoms with E-state index >= 15 is 0 Å². The Morgan fingerprint density at radius 2 is 2.12 bits per heavy atom. The topological polar surface area (TPSA) is 60.4 Å². The summed E-state index contributed by atoms with van der Waals surface area (Å²) in [6.07, 6.45) is 1.80. The molecule has 0 aliphatic carbocycles. The van der Waals surface area contributed by atoms with Gasteiger partial charge in [0.05, 0.1) is 11.3 Å². The molecule has 6 heteroatoms. The van der Waals surface area contributed by atoms with Gasteiger partial charge in [-0.15, -0.1) is 0 Å². The molecule has 0 heterocycles. The normalized spacial score (nSPS) is 11.1. The van der Waals surface area contributed by atoms with Crippen LogP contribution in [0.25, 0.3) is 0 Å². The molecule has 88 valence electrons. The van der Waals surface area contributed by atoms with Crippen molar-refractivity contribution in [3.63, 3.8) is 0 Å². The fourth-order valence-corrected chi connectivity index (χ4v) is 1.81. The van der Waals surface area contributed by atoms with Crippen LogP contribution in [0.2, 0.25) is 0 Å². The third-order valence-electron chi connectivity index (χ3n) is 1.81. The highest BCUT2D eigenvalue weighted by atomic mass is 79.9. The Morgan fingerprint density at radius 1 is 1.44 bits per heavy atom. The summed E-state index contributed by atoms with van der Waals surface area (Å²) in [6, 6.07) is 4.96. The molecule has 16 heavy (non-hydrogen) atoms. The van der Waals surface area contributed by atoms with Crippen molar-refractivity contribution < 1.29 is 17.9 Å². The first-order valence-corrected chi connectivity index (χ1v) is 7.33. The smallest absolute Gasteiger partial charge is 0.153 e. The lowest BCUT2D eigenvalue weighted by Crippen LogP contribution is -2.12. The maximum absolute atomic E-state index is 10.9. The van der Waals surface area contributed by atoms with E-state index in [-0.39, 0.29) is 12.4 Å². The zero-order valence-corrected chi connectivity index (χ0v) is 11.0. The lowest BCUT2D eigenvalue weighted by atomic mass is 10.2. The molecule has 0 radical (unpaired) electrons. The van der Waals surface area contributed by atoms with Crippen molar-refractivity contribution >= 4 is 32.1 Å². The van der Waals surface area contributed by atoms with E-state index in [1.165, 1.54) is 0 Å². The predicted octanol–water partition coefficient (Wildman–Crippen LogP) is 1.69. The summed E-state index contributed by atoms with van der Waals surface area (Å²) in [4.78, 5) is 10.7. The Kier molecular flexibility index (Phi) is 4.49. The molecule has 0 unspecified atom stereocenters. The zero-order chi connectivity index (χ0) is 12.2. The largest absolute Gasteiger partial charge is 0.492 e. The van der Waals surface area contributed by atoms with Gasteiger partial charge in [-0.1, -0.05) is 15.9 Å². The molecule has 0 saturated heterocycles. The van der Waals surface area contributed by atoms with Gasteiger partial charge in [0.15, 0.2) is 16.1 Å². The second-order valence-electron chi connectivity index (χ2n) is 3.28. The number of benzene rings is 1. The van der Waals surface area contributed by atoms with Crippen molar-refractivity contribution in [2.24, 2.45) is 0 Å². The van der Waals surface area contributed by atoms with Crippen molar-refractivity contribution in [3.05, 3.63) is 28.2 Å². The van der Waals surface area contributed by atoms with Gasteiger partial charge >= 0.3 is 0 Å². The molecule has 0 atom stereocenters. The molecule has 0 aliphatic rings. The molecule has 1 rings (SSSR count). The number of sulfone groups is 1. The van der Waals surface area contributed by atoms with Crippen LogP contribution in [0.4, 0.5) is 0 Å². The molecular weight excluding hydrogens is 296 g/mol. The minimum absolute atomic E-state index is 0.0430. The number of aldehydes is 1. The van der Waals surface area contributed by atoms with Crippen LogP contribution in [0, 0.1) is 0 Å². The highest BCUT2D eigenvalue weighted by molar-refractivity contribution is 9.10. The van der Waals surface area contributed by atoms with E-state index in [1.807, 2.05) is 0 Å².